The first-order chi connectivity index (χ1) is 4.16. The SMILES string of the molecule is [B][C@H]1CC[C@@](C)(CO)O1. The van der Waals surface area contributed by atoms with Gasteiger partial charge in [-0.1, -0.05) is 0 Å². The summed E-state index contributed by atoms with van der Waals surface area (Å²) in [6.45, 7) is 1.94. The van der Waals surface area contributed by atoms with Gasteiger partial charge in [-0.2, -0.15) is 0 Å². The van der Waals surface area contributed by atoms with Crippen LogP contribution in [-0.2, 0) is 4.74 Å². The van der Waals surface area contributed by atoms with Crippen molar-refractivity contribution in [1.29, 1.82) is 0 Å². The van der Waals surface area contributed by atoms with Crippen molar-refractivity contribution in [2.45, 2.75) is 31.4 Å². The second-order valence-electron chi connectivity index (χ2n) is 2.80. The van der Waals surface area contributed by atoms with Gasteiger partial charge in [-0.05, 0) is 19.8 Å². The van der Waals surface area contributed by atoms with E-state index in [-0.39, 0.29) is 18.2 Å². The maximum absolute atomic E-state index is 8.76. The van der Waals surface area contributed by atoms with Crippen molar-refractivity contribution in [2.24, 2.45) is 0 Å². The van der Waals surface area contributed by atoms with Gasteiger partial charge in [0.25, 0.3) is 0 Å². The van der Waals surface area contributed by atoms with Crippen molar-refractivity contribution in [3.63, 3.8) is 0 Å². The summed E-state index contributed by atoms with van der Waals surface area (Å²) < 4.78 is 5.23. The zero-order valence-electron chi connectivity index (χ0n) is 5.63. The lowest BCUT2D eigenvalue weighted by Gasteiger charge is -2.20. The summed E-state index contributed by atoms with van der Waals surface area (Å²) >= 11 is 0. The van der Waals surface area contributed by atoms with Crippen LogP contribution in [0.4, 0.5) is 0 Å². The van der Waals surface area contributed by atoms with E-state index in [0.29, 0.717) is 0 Å². The molecule has 1 aliphatic rings. The van der Waals surface area contributed by atoms with Crippen LogP contribution >= 0.6 is 0 Å². The lowest BCUT2D eigenvalue weighted by molar-refractivity contribution is -0.0365. The molecule has 1 saturated heterocycles. The molecule has 0 spiro atoms. The second kappa shape index (κ2) is 2.31. The monoisotopic (exact) mass is 126 g/mol. The van der Waals surface area contributed by atoms with Gasteiger partial charge >= 0.3 is 0 Å². The Morgan fingerprint density at radius 3 is 2.78 bits per heavy atom. The molecule has 2 atom stereocenters. The van der Waals surface area contributed by atoms with Crippen LogP contribution in [0.3, 0.4) is 0 Å². The van der Waals surface area contributed by atoms with Crippen LogP contribution < -0.4 is 0 Å². The average Bonchev–Trinajstić information content (AvgIpc) is 2.13. The highest BCUT2D eigenvalue weighted by molar-refractivity contribution is 6.11. The van der Waals surface area contributed by atoms with Crippen LogP contribution in [0.2, 0.25) is 0 Å². The van der Waals surface area contributed by atoms with Crippen molar-refractivity contribution in [2.75, 3.05) is 6.61 Å². The molecule has 0 aliphatic carbocycles. The van der Waals surface area contributed by atoms with Gasteiger partial charge < -0.3 is 9.84 Å². The molecule has 0 aromatic rings. The Bertz CT molecular complexity index is 107. The summed E-state index contributed by atoms with van der Waals surface area (Å²) in [5.74, 6) is 0. The minimum Gasteiger partial charge on any atom is -0.393 e. The molecular weight excluding hydrogens is 115 g/mol. The molecule has 1 fully saturated rings. The predicted octanol–water partition coefficient (Wildman–Crippen LogP) is 0.0424. The molecule has 1 N–H and O–H groups in total. The lowest BCUT2D eigenvalue weighted by Crippen LogP contribution is -2.29. The van der Waals surface area contributed by atoms with E-state index >= 15 is 0 Å². The normalized spacial score (nSPS) is 43.6. The molecule has 1 heterocycles. The molecule has 1 rings (SSSR count). The van der Waals surface area contributed by atoms with E-state index in [4.69, 9.17) is 17.7 Å². The van der Waals surface area contributed by atoms with Gasteiger partial charge in [-0.25, -0.2) is 0 Å². The number of rotatable bonds is 1. The van der Waals surface area contributed by atoms with Crippen LogP contribution in [-0.4, -0.2) is 31.2 Å². The van der Waals surface area contributed by atoms with Crippen molar-refractivity contribution in [3.05, 3.63) is 0 Å². The van der Waals surface area contributed by atoms with Crippen LogP contribution in [0.25, 0.3) is 0 Å². The standard InChI is InChI=1S/C6H11BO2/c1-6(4-8)3-2-5(7)9-6/h5,8H,2-4H2,1H3/t5-,6+/m1/s1. The highest BCUT2D eigenvalue weighted by atomic mass is 16.5. The van der Waals surface area contributed by atoms with Gasteiger partial charge in [0.1, 0.15) is 7.85 Å². The highest BCUT2D eigenvalue weighted by Gasteiger charge is 2.32. The summed E-state index contributed by atoms with van der Waals surface area (Å²) in [7, 11) is 5.45. The van der Waals surface area contributed by atoms with E-state index in [2.05, 4.69) is 0 Å². The third-order valence-electron chi connectivity index (χ3n) is 1.73. The van der Waals surface area contributed by atoms with Gasteiger partial charge in [0.15, 0.2) is 0 Å². The van der Waals surface area contributed by atoms with E-state index in [1.807, 2.05) is 6.92 Å². The fourth-order valence-electron chi connectivity index (χ4n) is 1.05. The quantitative estimate of drug-likeness (QED) is 0.502. The number of aliphatic hydroxyl groups excluding tert-OH is 1. The van der Waals surface area contributed by atoms with Crippen LogP contribution in [0.5, 0.6) is 0 Å². The van der Waals surface area contributed by atoms with Crippen molar-refractivity contribution >= 4 is 7.85 Å². The van der Waals surface area contributed by atoms with Gasteiger partial charge in [-0.3, -0.25) is 0 Å². The first-order valence-corrected chi connectivity index (χ1v) is 3.20. The largest absolute Gasteiger partial charge is 0.393 e. The molecule has 0 aromatic carbocycles. The van der Waals surface area contributed by atoms with Gasteiger partial charge in [0.05, 0.1) is 12.2 Å². The summed E-state index contributed by atoms with van der Waals surface area (Å²) in [5, 5.41) is 8.76. The van der Waals surface area contributed by atoms with E-state index in [1.54, 1.807) is 0 Å². The number of ether oxygens (including phenoxy) is 1. The Kier molecular flexibility index (Phi) is 1.82. The molecule has 1 aliphatic heterocycles. The predicted molar refractivity (Wildman–Crippen MR) is 35.4 cm³/mol. The fourth-order valence-corrected chi connectivity index (χ4v) is 1.05. The van der Waals surface area contributed by atoms with Crippen molar-refractivity contribution < 1.29 is 9.84 Å². The molecule has 0 amide bonds. The molecular formula is C6H11BO2. The molecule has 0 aromatic heterocycles. The van der Waals surface area contributed by atoms with Crippen LogP contribution in [0, 0.1) is 0 Å². The Morgan fingerprint density at radius 1 is 1.89 bits per heavy atom. The maximum atomic E-state index is 8.76. The first kappa shape index (κ1) is 7.10. The molecule has 3 heteroatoms. The fraction of sp³-hybridized carbons (Fsp3) is 1.00. The van der Waals surface area contributed by atoms with E-state index < -0.39 is 0 Å². The summed E-state index contributed by atoms with van der Waals surface area (Å²) in [6.07, 6.45) is 1.72. The first-order valence-electron chi connectivity index (χ1n) is 3.20. The molecule has 50 valence electrons. The van der Waals surface area contributed by atoms with E-state index in [0.717, 1.165) is 12.8 Å². The lowest BCUT2D eigenvalue weighted by atomic mass is 9.96. The average molecular weight is 126 g/mol. The Balaban J connectivity index is 2.45. The number of hydrogen-bond donors (Lipinski definition) is 1. The van der Waals surface area contributed by atoms with Crippen molar-refractivity contribution in [3.8, 4) is 0 Å². The second-order valence-corrected chi connectivity index (χ2v) is 2.80. The maximum Gasteiger partial charge on any atom is 0.109 e. The Hall–Kier alpha value is -0.0151. The zero-order valence-corrected chi connectivity index (χ0v) is 5.63. The van der Waals surface area contributed by atoms with E-state index in [1.165, 1.54) is 0 Å². The van der Waals surface area contributed by atoms with Gasteiger partial charge in [-0.15, -0.1) is 0 Å². The summed E-state index contributed by atoms with van der Waals surface area (Å²) in [6, 6.07) is -0.165. The Morgan fingerprint density at radius 2 is 2.56 bits per heavy atom. The minimum atomic E-state index is -0.362. The smallest absolute Gasteiger partial charge is 0.109 e. The number of aliphatic hydroxyl groups is 1. The topological polar surface area (TPSA) is 29.5 Å². The summed E-state index contributed by atoms with van der Waals surface area (Å²) in [4.78, 5) is 0. The summed E-state index contributed by atoms with van der Waals surface area (Å²) in [5.41, 5.74) is -0.362. The molecule has 2 nitrogen and oxygen atoms in total. The molecule has 9 heavy (non-hydrogen) atoms. The molecule has 2 radical (unpaired) electrons. The third kappa shape index (κ3) is 1.46. The van der Waals surface area contributed by atoms with E-state index in [9.17, 15) is 0 Å². The van der Waals surface area contributed by atoms with Crippen LogP contribution in [0.15, 0.2) is 0 Å². The number of hydrogen-bond acceptors (Lipinski definition) is 2. The van der Waals surface area contributed by atoms with Crippen molar-refractivity contribution in [1.82, 2.24) is 0 Å². The highest BCUT2D eigenvalue weighted by Crippen LogP contribution is 2.27. The van der Waals surface area contributed by atoms with Crippen LogP contribution in [0.1, 0.15) is 19.8 Å². The molecule has 0 bridgehead atoms. The third-order valence-corrected chi connectivity index (χ3v) is 1.73. The minimum absolute atomic E-state index is 0.0701. The molecule has 0 unspecified atom stereocenters. The van der Waals surface area contributed by atoms with Gasteiger partial charge in [0.2, 0.25) is 0 Å². The molecule has 0 saturated carbocycles. The van der Waals surface area contributed by atoms with Gasteiger partial charge in [0, 0.05) is 6.00 Å². The Labute approximate surface area is 56.6 Å². The zero-order chi connectivity index (χ0) is 6.91.